The molecule has 3 heteroatoms. The Morgan fingerprint density at radius 1 is 1.11 bits per heavy atom. The van der Waals surface area contributed by atoms with E-state index in [0.717, 1.165) is 6.54 Å². The van der Waals surface area contributed by atoms with Gasteiger partial charge in [0.25, 0.3) is 0 Å². The van der Waals surface area contributed by atoms with Crippen LogP contribution >= 0.6 is 0 Å². The van der Waals surface area contributed by atoms with Crippen molar-refractivity contribution in [3.8, 4) is 0 Å². The highest BCUT2D eigenvalue weighted by Gasteiger charge is 2.42. The van der Waals surface area contributed by atoms with Crippen LogP contribution in [0, 0.1) is 5.41 Å². The number of hydrogen-bond acceptors (Lipinski definition) is 3. The predicted molar refractivity (Wildman–Crippen MR) is 74.9 cm³/mol. The fourth-order valence-corrected chi connectivity index (χ4v) is 3.30. The van der Waals surface area contributed by atoms with Crippen LogP contribution in [0.1, 0.15) is 31.2 Å². The highest BCUT2D eigenvalue weighted by Crippen LogP contribution is 2.39. The topological polar surface area (TPSA) is 41.5 Å². The maximum Gasteiger partial charge on any atom is 0.0579 e. The minimum atomic E-state index is -0.0512. The Morgan fingerprint density at radius 3 is 2.32 bits per heavy atom. The van der Waals surface area contributed by atoms with Crippen molar-refractivity contribution in [3.05, 3.63) is 35.9 Å². The van der Waals surface area contributed by atoms with Crippen LogP contribution in [0.3, 0.4) is 0 Å². The van der Waals surface area contributed by atoms with Crippen LogP contribution < -0.4 is 5.32 Å². The Morgan fingerprint density at radius 2 is 1.79 bits per heavy atom. The number of benzene rings is 1. The first kappa shape index (κ1) is 13.1. The molecule has 104 valence electrons. The van der Waals surface area contributed by atoms with Gasteiger partial charge < -0.3 is 15.2 Å². The lowest BCUT2D eigenvalue weighted by atomic mass is 9.83. The first-order valence-electron chi connectivity index (χ1n) is 7.28. The first-order chi connectivity index (χ1) is 9.29. The van der Waals surface area contributed by atoms with E-state index in [0.29, 0.717) is 13.2 Å². The Bertz CT molecular complexity index is 403. The van der Waals surface area contributed by atoms with Crippen molar-refractivity contribution in [1.82, 2.24) is 5.32 Å². The van der Waals surface area contributed by atoms with Gasteiger partial charge in [-0.3, -0.25) is 0 Å². The maximum absolute atomic E-state index is 9.54. The van der Waals surface area contributed by atoms with Crippen LogP contribution in [0.2, 0.25) is 0 Å². The lowest BCUT2D eigenvalue weighted by Gasteiger charge is -2.43. The summed E-state index contributed by atoms with van der Waals surface area (Å²) in [7, 11) is 0. The molecule has 1 aliphatic carbocycles. The standard InChI is InChI=1S/C16H23NO2/c18-11-15(12-19-13-15)10-17-16(8-4-5-9-16)14-6-2-1-3-7-14/h1-3,6-7,17-18H,4-5,8-13H2. The van der Waals surface area contributed by atoms with Crippen molar-refractivity contribution < 1.29 is 9.84 Å². The van der Waals surface area contributed by atoms with Crippen molar-refractivity contribution in [3.63, 3.8) is 0 Å². The number of aliphatic hydroxyl groups excluding tert-OH is 1. The summed E-state index contributed by atoms with van der Waals surface area (Å²) >= 11 is 0. The molecule has 2 aliphatic rings. The van der Waals surface area contributed by atoms with Gasteiger partial charge in [-0.25, -0.2) is 0 Å². The average Bonchev–Trinajstić information content (AvgIpc) is 2.89. The molecule has 3 nitrogen and oxygen atoms in total. The highest BCUT2D eigenvalue weighted by molar-refractivity contribution is 5.25. The van der Waals surface area contributed by atoms with Gasteiger partial charge in [0.2, 0.25) is 0 Å². The molecule has 0 atom stereocenters. The summed E-state index contributed by atoms with van der Waals surface area (Å²) in [4.78, 5) is 0. The molecule has 1 aliphatic heterocycles. The molecule has 19 heavy (non-hydrogen) atoms. The van der Waals surface area contributed by atoms with E-state index >= 15 is 0 Å². The summed E-state index contributed by atoms with van der Waals surface area (Å²) in [6, 6.07) is 10.8. The van der Waals surface area contributed by atoms with Crippen LogP contribution in [0.5, 0.6) is 0 Å². The summed E-state index contributed by atoms with van der Waals surface area (Å²) < 4.78 is 5.28. The third-order valence-electron chi connectivity index (χ3n) is 4.74. The molecule has 3 rings (SSSR count). The lowest BCUT2D eigenvalue weighted by molar-refractivity contribution is -0.136. The molecule has 0 radical (unpaired) electrons. The zero-order valence-corrected chi connectivity index (χ0v) is 11.4. The molecule has 0 spiro atoms. The quantitative estimate of drug-likeness (QED) is 0.852. The maximum atomic E-state index is 9.54. The number of hydrogen-bond donors (Lipinski definition) is 2. The molecule has 1 saturated carbocycles. The van der Waals surface area contributed by atoms with E-state index in [1.165, 1.54) is 31.2 Å². The molecule has 0 aromatic heterocycles. The van der Waals surface area contributed by atoms with Crippen molar-refractivity contribution in [2.24, 2.45) is 5.41 Å². The van der Waals surface area contributed by atoms with Crippen molar-refractivity contribution in [2.75, 3.05) is 26.4 Å². The van der Waals surface area contributed by atoms with Crippen molar-refractivity contribution in [1.29, 1.82) is 0 Å². The SMILES string of the molecule is OCC1(CNC2(c3ccccc3)CCCC2)COC1. The second-order valence-electron chi connectivity index (χ2n) is 6.16. The fraction of sp³-hybridized carbons (Fsp3) is 0.625. The van der Waals surface area contributed by atoms with E-state index in [1.54, 1.807) is 0 Å². The molecular formula is C16H23NO2. The summed E-state index contributed by atoms with van der Waals surface area (Å²) in [6.07, 6.45) is 4.95. The van der Waals surface area contributed by atoms with E-state index in [-0.39, 0.29) is 17.6 Å². The molecule has 1 aromatic carbocycles. The first-order valence-corrected chi connectivity index (χ1v) is 7.28. The fourth-order valence-electron chi connectivity index (χ4n) is 3.30. The predicted octanol–water partition coefficient (Wildman–Crippen LogP) is 2.05. The molecule has 0 bridgehead atoms. The molecule has 0 amide bonds. The summed E-state index contributed by atoms with van der Waals surface area (Å²) in [6.45, 7) is 2.42. The lowest BCUT2D eigenvalue weighted by Crippen LogP contribution is -2.56. The Balaban J connectivity index is 1.74. The van der Waals surface area contributed by atoms with Crippen molar-refractivity contribution in [2.45, 2.75) is 31.2 Å². The Hall–Kier alpha value is -0.900. The number of nitrogens with one attached hydrogen (secondary N) is 1. The van der Waals surface area contributed by atoms with E-state index < -0.39 is 0 Å². The second-order valence-corrected chi connectivity index (χ2v) is 6.16. The van der Waals surface area contributed by atoms with E-state index in [2.05, 4.69) is 35.6 Å². The Kier molecular flexibility index (Phi) is 3.61. The third-order valence-corrected chi connectivity index (χ3v) is 4.74. The average molecular weight is 261 g/mol. The van der Waals surface area contributed by atoms with E-state index in [9.17, 15) is 5.11 Å². The molecule has 0 unspecified atom stereocenters. The smallest absolute Gasteiger partial charge is 0.0579 e. The summed E-state index contributed by atoms with van der Waals surface area (Å²) in [5, 5.41) is 13.3. The Labute approximate surface area is 115 Å². The largest absolute Gasteiger partial charge is 0.396 e. The third kappa shape index (κ3) is 2.42. The van der Waals surface area contributed by atoms with Crippen LogP contribution in [-0.2, 0) is 10.3 Å². The zero-order valence-electron chi connectivity index (χ0n) is 11.4. The summed E-state index contributed by atoms with van der Waals surface area (Å²) in [5.41, 5.74) is 1.45. The molecule has 1 saturated heterocycles. The van der Waals surface area contributed by atoms with Gasteiger partial charge in [0, 0.05) is 12.1 Å². The van der Waals surface area contributed by atoms with Crippen LogP contribution in [-0.4, -0.2) is 31.5 Å². The monoisotopic (exact) mass is 261 g/mol. The van der Waals surface area contributed by atoms with E-state index in [4.69, 9.17) is 4.74 Å². The van der Waals surface area contributed by atoms with Gasteiger partial charge in [0.1, 0.15) is 0 Å². The minimum Gasteiger partial charge on any atom is -0.396 e. The van der Waals surface area contributed by atoms with Crippen LogP contribution in [0.15, 0.2) is 30.3 Å². The van der Waals surface area contributed by atoms with Gasteiger partial charge in [0.15, 0.2) is 0 Å². The van der Waals surface area contributed by atoms with Gasteiger partial charge in [-0.15, -0.1) is 0 Å². The number of aliphatic hydroxyl groups is 1. The van der Waals surface area contributed by atoms with Crippen LogP contribution in [0.4, 0.5) is 0 Å². The van der Waals surface area contributed by atoms with Gasteiger partial charge in [0.05, 0.1) is 25.2 Å². The molecule has 1 heterocycles. The number of rotatable bonds is 5. The molecule has 2 fully saturated rings. The van der Waals surface area contributed by atoms with E-state index in [1.807, 2.05) is 0 Å². The normalized spacial score (nSPS) is 24.1. The molecule has 2 N–H and O–H groups in total. The van der Waals surface area contributed by atoms with Gasteiger partial charge in [-0.1, -0.05) is 43.2 Å². The van der Waals surface area contributed by atoms with Gasteiger partial charge in [-0.2, -0.15) is 0 Å². The zero-order chi connectivity index (χ0) is 13.2. The highest BCUT2D eigenvalue weighted by atomic mass is 16.5. The van der Waals surface area contributed by atoms with Crippen LogP contribution in [0.25, 0.3) is 0 Å². The molecular weight excluding hydrogens is 238 g/mol. The van der Waals surface area contributed by atoms with Gasteiger partial charge in [-0.05, 0) is 18.4 Å². The summed E-state index contributed by atoms with van der Waals surface area (Å²) in [5.74, 6) is 0. The van der Waals surface area contributed by atoms with Gasteiger partial charge >= 0.3 is 0 Å². The molecule has 1 aromatic rings. The second kappa shape index (κ2) is 5.23. The minimum absolute atomic E-state index is 0.0512. The number of ether oxygens (including phenoxy) is 1. The van der Waals surface area contributed by atoms with Crippen molar-refractivity contribution >= 4 is 0 Å².